The molecule has 2 N–H and O–H groups in total. The summed E-state index contributed by atoms with van der Waals surface area (Å²) in [5.41, 5.74) is 0.906. The number of benzene rings is 2. The van der Waals surface area contributed by atoms with Crippen molar-refractivity contribution in [2.24, 2.45) is 0 Å². The van der Waals surface area contributed by atoms with Gasteiger partial charge in [0.2, 0.25) is 15.9 Å². The maximum Gasteiger partial charge on any atom is 0.240 e. The number of sulfonamides is 1. The molecule has 0 spiro atoms. The lowest BCUT2D eigenvalue weighted by molar-refractivity contribution is -0.115. The molecule has 0 saturated carbocycles. The van der Waals surface area contributed by atoms with Crippen LogP contribution in [0.2, 0.25) is 10.0 Å². The lowest BCUT2D eigenvalue weighted by Crippen LogP contribution is -2.35. The van der Waals surface area contributed by atoms with Crippen LogP contribution >= 0.6 is 23.2 Å². The molecule has 1 aliphatic heterocycles. The van der Waals surface area contributed by atoms with E-state index in [-0.39, 0.29) is 35.2 Å². The van der Waals surface area contributed by atoms with Crippen molar-refractivity contribution < 1.29 is 21.6 Å². The second-order valence-electron chi connectivity index (χ2n) is 6.67. The van der Waals surface area contributed by atoms with Gasteiger partial charge in [0.15, 0.2) is 9.84 Å². The molecule has 1 saturated heterocycles. The van der Waals surface area contributed by atoms with E-state index in [1.54, 1.807) is 18.2 Å². The molecule has 156 valence electrons. The van der Waals surface area contributed by atoms with Gasteiger partial charge in [0.25, 0.3) is 0 Å². The molecule has 3 rings (SSSR count). The zero-order valence-corrected chi connectivity index (χ0v) is 18.2. The third-order valence-corrected chi connectivity index (χ3v) is 8.41. The first-order chi connectivity index (χ1) is 13.6. The van der Waals surface area contributed by atoms with Crippen molar-refractivity contribution in [3.05, 3.63) is 58.1 Å². The topological polar surface area (TPSA) is 109 Å². The van der Waals surface area contributed by atoms with Crippen LogP contribution in [-0.4, -0.2) is 40.3 Å². The third-order valence-electron chi connectivity index (χ3n) is 4.40. The number of carbonyl (C=O) groups excluding carboxylic acids is 1. The minimum atomic E-state index is -3.86. The molecule has 11 heteroatoms. The van der Waals surface area contributed by atoms with E-state index in [4.69, 9.17) is 23.2 Å². The molecule has 0 unspecified atom stereocenters. The van der Waals surface area contributed by atoms with Gasteiger partial charge in [-0.2, -0.15) is 0 Å². The molecule has 0 bridgehead atoms. The zero-order chi connectivity index (χ0) is 21.2. The fraction of sp³-hybridized carbons (Fsp3) is 0.278. The van der Waals surface area contributed by atoms with Gasteiger partial charge in [0, 0.05) is 21.8 Å². The van der Waals surface area contributed by atoms with Crippen molar-refractivity contribution in [3.63, 3.8) is 0 Å². The van der Waals surface area contributed by atoms with Gasteiger partial charge in [-0.15, -0.1) is 0 Å². The molecule has 29 heavy (non-hydrogen) atoms. The SMILES string of the molecule is O=C(Cc1c(Cl)cccc1Cl)Nc1ccc(S(=O)(=O)N[C@H]2CCS(=O)(=O)C2)cc1. The van der Waals surface area contributed by atoms with Crippen molar-refractivity contribution in [2.45, 2.75) is 23.8 Å². The molecule has 1 aliphatic rings. The Hall–Kier alpha value is -1.65. The maximum atomic E-state index is 12.4. The molecule has 0 aromatic heterocycles. The van der Waals surface area contributed by atoms with Crippen LogP contribution in [0.1, 0.15) is 12.0 Å². The summed E-state index contributed by atoms with van der Waals surface area (Å²) in [7, 11) is -7.06. The van der Waals surface area contributed by atoms with E-state index in [1.807, 2.05) is 0 Å². The molecular formula is C18H18Cl2N2O5S2. The van der Waals surface area contributed by atoms with Crippen LogP contribution in [0.5, 0.6) is 0 Å². The molecule has 1 amide bonds. The number of halogens is 2. The van der Waals surface area contributed by atoms with Crippen LogP contribution in [-0.2, 0) is 31.1 Å². The molecule has 1 atom stereocenters. The number of sulfone groups is 1. The fourth-order valence-electron chi connectivity index (χ4n) is 2.96. The molecule has 2 aromatic rings. The standard InChI is InChI=1S/C18H18Cl2N2O5S2/c19-16-2-1-3-17(20)15(16)10-18(23)21-12-4-6-14(7-5-12)29(26,27)22-13-8-9-28(24,25)11-13/h1-7,13,22H,8-11H2,(H,21,23)/t13-/m0/s1. The van der Waals surface area contributed by atoms with Crippen LogP contribution < -0.4 is 10.0 Å². The van der Waals surface area contributed by atoms with E-state index in [0.717, 1.165) is 0 Å². The van der Waals surface area contributed by atoms with Crippen LogP contribution in [0.3, 0.4) is 0 Å². The number of rotatable bonds is 6. The lowest BCUT2D eigenvalue weighted by Gasteiger charge is -2.12. The van der Waals surface area contributed by atoms with E-state index >= 15 is 0 Å². The number of amides is 1. The first-order valence-corrected chi connectivity index (χ1v) is 12.7. The highest BCUT2D eigenvalue weighted by molar-refractivity contribution is 7.92. The minimum Gasteiger partial charge on any atom is -0.326 e. The van der Waals surface area contributed by atoms with Gasteiger partial charge in [-0.25, -0.2) is 21.6 Å². The summed E-state index contributed by atoms with van der Waals surface area (Å²) < 4.78 is 50.2. The number of hydrogen-bond acceptors (Lipinski definition) is 5. The first-order valence-electron chi connectivity index (χ1n) is 8.61. The Morgan fingerprint density at radius 2 is 1.69 bits per heavy atom. The van der Waals surface area contributed by atoms with Crippen LogP contribution in [0.15, 0.2) is 47.4 Å². The molecule has 1 heterocycles. The largest absolute Gasteiger partial charge is 0.326 e. The van der Waals surface area contributed by atoms with Gasteiger partial charge in [0.1, 0.15) is 0 Å². The van der Waals surface area contributed by atoms with Crippen LogP contribution in [0, 0.1) is 0 Å². The Morgan fingerprint density at radius 3 is 2.24 bits per heavy atom. The van der Waals surface area contributed by atoms with E-state index < -0.39 is 25.9 Å². The van der Waals surface area contributed by atoms with E-state index in [9.17, 15) is 21.6 Å². The molecule has 2 aromatic carbocycles. The highest BCUT2D eigenvalue weighted by Crippen LogP contribution is 2.25. The second kappa shape index (κ2) is 8.61. The Morgan fingerprint density at radius 1 is 1.07 bits per heavy atom. The van der Waals surface area contributed by atoms with Gasteiger partial charge in [-0.05, 0) is 48.4 Å². The predicted molar refractivity (Wildman–Crippen MR) is 113 cm³/mol. The number of nitrogens with one attached hydrogen (secondary N) is 2. The number of hydrogen-bond donors (Lipinski definition) is 2. The van der Waals surface area contributed by atoms with E-state index in [1.165, 1.54) is 24.3 Å². The average Bonchev–Trinajstić information content (AvgIpc) is 2.96. The van der Waals surface area contributed by atoms with Crippen molar-refractivity contribution in [3.8, 4) is 0 Å². The van der Waals surface area contributed by atoms with Crippen molar-refractivity contribution in [1.82, 2.24) is 4.72 Å². The van der Waals surface area contributed by atoms with E-state index in [0.29, 0.717) is 21.3 Å². The Labute approximate surface area is 179 Å². The molecule has 1 fully saturated rings. The van der Waals surface area contributed by atoms with Crippen LogP contribution in [0.4, 0.5) is 5.69 Å². The second-order valence-corrected chi connectivity index (χ2v) is 11.4. The summed E-state index contributed by atoms with van der Waals surface area (Å²) in [5, 5.41) is 3.42. The smallest absolute Gasteiger partial charge is 0.240 e. The summed E-state index contributed by atoms with van der Waals surface area (Å²) in [6.07, 6.45) is 0.219. The van der Waals surface area contributed by atoms with Gasteiger partial charge >= 0.3 is 0 Å². The normalized spacial score (nSPS) is 18.5. The summed E-state index contributed by atoms with van der Waals surface area (Å²) in [6.45, 7) is 0. The quantitative estimate of drug-likeness (QED) is 0.665. The summed E-state index contributed by atoms with van der Waals surface area (Å²) in [5.74, 6) is -0.587. The monoisotopic (exact) mass is 476 g/mol. The fourth-order valence-corrected chi connectivity index (χ4v) is 6.54. The van der Waals surface area contributed by atoms with Crippen molar-refractivity contribution in [2.75, 3.05) is 16.8 Å². The van der Waals surface area contributed by atoms with Gasteiger partial charge in [-0.1, -0.05) is 29.3 Å². The highest BCUT2D eigenvalue weighted by Gasteiger charge is 2.31. The number of carbonyl (C=O) groups is 1. The minimum absolute atomic E-state index is 0.0195. The Bertz CT molecular complexity index is 1110. The summed E-state index contributed by atoms with van der Waals surface area (Å²) >= 11 is 12.1. The average molecular weight is 477 g/mol. The molecule has 7 nitrogen and oxygen atoms in total. The summed E-state index contributed by atoms with van der Waals surface area (Å²) in [6, 6.07) is 9.90. The Kier molecular flexibility index (Phi) is 6.54. The number of anilines is 1. The highest BCUT2D eigenvalue weighted by atomic mass is 35.5. The first kappa shape index (κ1) is 22.0. The zero-order valence-electron chi connectivity index (χ0n) is 15.1. The van der Waals surface area contributed by atoms with E-state index in [2.05, 4.69) is 10.0 Å². The maximum absolute atomic E-state index is 12.4. The summed E-state index contributed by atoms with van der Waals surface area (Å²) in [4.78, 5) is 12.2. The predicted octanol–water partition coefficient (Wildman–Crippen LogP) is 2.64. The van der Waals surface area contributed by atoms with Crippen LogP contribution in [0.25, 0.3) is 0 Å². The van der Waals surface area contributed by atoms with Crippen molar-refractivity contribution >= 4 is 54.7 Å². The molecule has 0 aliphatic carbocycles. The third kappa shape index (κ3) is 5.70. The Balaban J connectivity index is 1.64. The van der Waals surface area contributed by atoms with Gasteiger partial charge in [0.05, 0.1) is 22.8 Å². The molecular weight excluding hydrogens is 459 g/mol. The van der Waals surface area contributed by atoms with Crippen molar-refractivity contribution in [1.29, 1.82) is 0 Å². The lowest BCUT2D eigenvalue weighted by atomic mass is 10.1. The molecule has 0 radical (unpaired) electrons. The van der Waals surface area contributed by atoms with Gasteiger partial charge < -0.3 is 5.32 Å². The van der Waals surface area contributed by atoms with Gasteiger partial charge in [-0.3, -0.25) is 4.79 Å².